The lowest BCUT2D eigenvalue weighted by Gasteiger charge is -2.26. The summed E-state index contributed by atoms with van der Waals surface area (Å²) < 4.78 is 0. The van der Waals surface area contributed by atoms with Gasteiger partial charge in [-0.25, -0.2) is 0 Å². The van der Waals surface area contributed by atoms with Crippen molar-refractivity contribution in [2.45, 2.75) is 51.2 Å². The first kappa shape index (κ1) is 23.1. The first-order chi connectivity index (χ1) is 13.1. The fourth-order valence-electron chi connectivity index (χ4n) is 2.53. The van der Waals surface area contributed by atoms with Gasteiger partial charge in [0, 0.05) is 12.4 Å². The van der Waals surface area contributed by atoms with Crippen LogP contribution in [-0.2, 0) is 25.6 Å². The van der Waals surface area contributed by atoms with E-state index in [1.807, 2.05) is 0 Å². The van der Waals surface area contributed by atoms with Gasteiger partial charge in [-0.1, -0.05) is 44.2 Å². The minimum Gasteiger partial charge on any atom is -0.550 e. The maximum absolute atomic E-state index is 12.6. The molecule has 0 aliphatic rings. The molecule has 0 unspecified atom stereocenters. The Labute approximate surface area is 163 Å². The van der Waals surface area contributed by atoms with Crippen LogP contribution in [0.15, 0.2) is 30.3 Å². The normalized spacial score (nSPS) is 14.0. The number of carboxylic acid groups (broad SMARTS) is 2. The average Bonchev–Trinajstić information content (AvgIpc) is 2.63. The number of rotatable bonds is 11. The van der Waals surface area contributed by atoms with Crippen molar-refractivity contribution in [1.82, 2.24) is 10.6 Å². The molecular formula is C19H26N3O6-. The van der Waals surface area contributed by atoms with Gasteiger partial charge in [-0.15, -0.1) is 0 Å². The summed E-state index contributed by atoms with van der Waals surface area (Å²) >= 11 is 0. The molecule has 9 heteroatoms. The number of carbonyl (C=O) groups is 4. The fourth-order valence-corrected chi connectivity index (χ4v) is 2.53. The number of hydrogen-bond acceptors (Lipinski definition) is 6. The standard InChI is InChI=1S/C19H27N3O6/c1-11(2)16(22-17(25)13(20)8-9-15(23)24)18(26)21-14(19(27)28)10-12-6-4-3-5-7-12/h3-7,11,13-14,16H,8-10,20H2,1-2H3,(H,21,26)(H,22,25)(H,23,24)(H,27,28)/p-1/t13-,14-,16-/m0/s1. The second kappa shape index (κ2) is 11.0. The van der Waals surface area contributed by atoms with Gasteiger partial charge in [0.25, 0.3) is 5.91 Å². The molecule has 0 aliphatic heterocycles. The Bertz CT molecular complexity index is 692. The van der Waals surface area contributed by atoms with E-state index in [0.29, 0.717) is 5.56 Å². The van der Waals surface area contributed by atoms with Crippen LogP contribution < -0.4 is 26.6 Å². The third kappa shape index (κ3) is 7.75. The highest BCUT2D eigenvalue weighted by Gasteiger charge is 2.29. The molecule has 9 nitrogen and oxygen atoms in total. The predicted octanol–water partition coefficient (Wildman–Crippen LogP) is -3.25. The van der Waals surface area contributed by atoms with E-state index in [-0.39, 0.29) is 25.2 Å². The number of amides is 2. The molecule has 0 aromatic heterocycles. The molecule has 0 saturated heterocycles. The zero-order valence-corrected chi connectivity index (χ0v) is 16.0. The lowest BCUT2D eigenvalue weighted by atomic mass is 10.0. The van der Waals surface area contributed by atoms with Crippen molar-refractivity contribution in [2.24, 2.45) is 5.92 Å². The summed E-state index contributed by atoms with van der Waals surface area (Å²) in [6.45, 7) is 3.38. The van der Waals surface area contributed by atoms with E-state index in [1.165, 1.54) is 0 Å². The van der Waals surface area contributed by atoms with Crippen molar-refractivity contribution in [1.29, 1.82) is 0 Å². The summed E-state index contributed by atoms with van der Waals surface area (Å²) in [6, 6.07) is 5.61. The summed E-state index contributed by atoms with van der Waals surface area (Å²) in [5.74, 6) is -4.33. The van der Waals surface area contributed by atoms with Crippen LogP contribution in [0.2, 0.25) is 0 Å². The quantitative estimate of drug-likeness (QED) is 0.357. The summed E-state index contributed by atoms with van der Waals surface area (Å²) in [4.78, 5) is 46.7. The molecule has 0 spiro atoms. The Hall–Kier alpha value is -2.94. The van der Waals surface area contributed by atoms with E-state index in [0.717, 1.165) is 0 Å². The van der Waals surface area contributed by atoms with Crippen LogP contribution in [0.1, 0.15) is 32.3 Å². The number of benzene rings is 1. The number of carbonyl (C=O) groups excluding carboxylic acids is 4. The first-order valence-electron chi connectivity index (χ1n) is 9.00. The van der Waals surface area contributed by atoms with Crippen LogP contribution in [0.25, 0.3) is 0 Å². The lowest BCUT2D eigenvalue weighted by molar-refractivity contribution is -0.406. The third-order valence-electron chi connectivity index (χ3n) is 4.20. The van der Waals surface area contributed by atoms with Crippen molar-refractivity contribution in [3.8, 4) is 0 Å². The van der Waals surface area contributed by atoms with Crippen LogP contribution in [0.5, 0.6) is 0 Å². The molecule has 5 N–H and O–H groups in total. The summed E-state index contributed by atoms with van der Waals surface area (Å²) in [6.07, 6.45) is -0.322. The SMILES string of the molecule is CC(C)[C@H](NC(=O)[C@@H]([NH3+])CCC(=O)[O-])C(=O)N[C@@H](Cc1ccccc1)C(=O)[O-]. The van der Waals surface area contributed by atoms with Gasteiger partial charge in [-0.05, 0) is 24.3 Å². The molecule has 154 valence electrons. The van der Waals surface area contributed by atoms with E-state index < -0.39 is 41.9 Å². The fraction of sp³-hybridized carbons (Fsp3) is 0.474. The molecule has 0 aliphatic carbocycles. The number of aliphatic carboxylic acids is 2. The van der Waals surface area contributed by atoms with E-state index >= 15 is 0 Å². The molecule has 0 bridgehead atoms. The predicted molar refractivity (Wildman–Crippen MR) is 94.8 cm³/mol. The lowest BCUT2D eigenvalue weighted by Crippen LogP contribution is -2.69. The zero-order valence-electron chi connectivity index (χ0n) is 16.0. The highest BCUT2D eigenvalue weighted by Crippen LogP contribution is 2.07. The molecule has 3 atom stereocenters. The Morgan fingerprint density at radius 2 is 1.61 bits per heavy atom. The summed E-state index contributed by atoms with van der Waals surface area (Å²) in [5.41, 5.74) is 4.30. The highest BCUT2D eigenvalue weighted by atomic mass is 16.4. The monoisotopic (exact) mass is 392 g/mol. The minimum absolute atomic E-state index is 0.0315. The smallest absolute Gasteiger partial charge is 0.278 e. The average molecular weight is 392 g/mol. The zero-order chi connectivity index (χ0) is 21.3. The van der Waals surface area contributed by atoms with E-state index in [9.17, 15) is 29.4 Å². The molecule has 2 amide bonds. The summed E-state index contributed by atoms with van der Waals surface area (Å²) in [7, 11) is 0. The molecular weight excluding hydrogens is 366 g/mol. The summed E-state index contributed by atoms with van der Waals surface area (Å²) in [5, 5.41) is 26.8. The maximum atomic E-state index is 12.6. The maximum Gasteiger partial charge on any atom is 0.278 e. The van der Waals surface area contributed by atoms with Crippen molar-refractivity contribution >= 4 is 23.8 Å². The van der Waals surface area contributed by atoms with Crippen molar-refractivity contribution in [3.63, 3.8) is 0 Å². The van der Waals surface area contributed by atoms with E-state index in [4.69, 9.17) is 0 Å². The van der Waals surface area contributed by atoms with Crippen LogP contribution in [0.4, 0.5) is 0 Å². The van der Waals surface area contributed by atoms with E-state index in [2.05, 4.69) is 16.4 Å². The van der Waals surface area contributed by atoms with Gasteiger partial charge in [0.15, 0.2) is 6.04 Å². The Morgan fingerprint density at radius 1 is 1.00 bits per heavy atom. The van der Waals surface area contributed by atoms with Crippen LogP contribution in [-0.4, -0.2) is 41.9 Å². The molecule has 0 saturated carbocycles. The van der Waals surface area contributed by atoms with Gasteiger partial charge in [-0.3, -0.25) is 9.59 Å². The minimum atomic E-state index is -1.44. The van der Waals surface area contributed by atoms with Crippen molar-refractivity contribution in [2.75, 3.05) is 0 Å². The number of quaternary nitrogens is 1. The molecule has 0 heterocycles. The molecule has 1 rings (SSSR count). The number of hydrogen-bond donors (Lipinski definition) is 3. The van der Waals surface area contributed by atoms with Gasteiger partial charge >= 0.3 is 0 Å². The number of carboxylic acids is 2. The highest BCUT2D eigenvalue weighted by molar-refractivity contribution is 5.91. The molecule has 1 aromatic carbocycles. The van der Waals surface area contributed by atoms with Gasteiger partial charge in [0.05, 0.1) is 12.0 Å². The second-order valence-electron chi connectivity index (χ2n) is 6.91. The molecule has 0 radical (unpaired) electrons. The second-order valence-corrected chi connectivity index (χ2v) is 6.91. The van der Waals surface area contributed by atoms with Gasteiger partial charge in [0.1, 0.15) is 6.04 Å². The van der Waals surface area contributed by atoms with Crippen molar-refractivity contribution in [3.05, 3.63) is 35.9 Å². The van der Waals surface area contributed by atoms with E-state index in [1.54, 1.807) is 44.2 Å². The van der Waals surface area contributed by atoms with Crippen molar-refractivity contribution < 1.29 is 35.1 Å². The topological polar surface area (TPSA) is 166 Å². The van der Waals surface area contributed by atoms with Crippen LogP contribution in [0, 0.1) is 5.92 Å². The Balaban J connectivity index is 2.77. The first-order valence-corrected chi connectivity index (χ1v) is 9.00. The van der Waals surface area contributed by atoms with Gasteiger partial charge in [-0.2, -0.15) is 0 Å². The van der Waals surface area contributed by atoms with Gasteiger partial charge < -0.3 is 36.2 Å². The molecule has 0 fully saturated rings. The van der Waals surface area contributed by atoms with Crippen LogP contribution in [0.3, 0.4) is 0 Å². The van der Waals surface area contributed by atoms with Crippen LogP contribution >= 0.6 is 0 Å². The Morgan fingerprint density at radius 3 is 2.11 bits per heavy atom. The molecule has 28 heavy (non-hydrogen) atoms. The Kier molecular flexibility index (Phi) is 9.10. The largest absolute Gasteiger partial charge is 0.550 e. The third-order valence-corrected chi connectivity index (χ3v) is 4.20. The molecule has 1 aromatic rings. The van der Waals surface area contributed by atoms with Gasteiger partial charge in [0.2, 0.25) is 5.91 Å². The number of nitrogens with one attached hydrogen (secondary N) is 2.